The van der Waals surface area contributed by atoms with Gasteiger partial charge in [0.05, 0.1) is 16.9 Å². The van der Waals surface area contributed by atoms with E-state index in [-0.39, 0.29) is 5.41 Å². The molecule has 0 bridgehead atoms. The van der Waals surface area contributed by atoms with Crippen molar-refractivity contribution in [1.29, 1.82) is 0 Å². The highest BCUT2D eigenvalue weighted by atomic mass is 15.1. The van der Waals surface area contributed by atoms with Gasteiger partial charge >= 0.3 is 0 Å². The number of hydrogen-bond donors (Lipinski definition) is 0. The van der Waals surface area contributed by atoms with Gasteiger partial charge in [0.2, 0.25) is 0 Å². The second-order valence-electron chi connectivity index (χ2n) is 21.2. The highest BCUT2D eigenvalue weighted by Gasteiger charge is 2.39. The fraction of sp³-hybridized carbons (Fsp3) is 0.235. The highest BCUT2D eigenvalue weighted by Crippen LogP contribution is 2.55. The number of rotatable bonds is 8. The van der Waals surface area contributed by atoms with E-state index in [1.807, 2.05) is 0 Å². The van der Waals surface area contributed by atoms with Gasteiger partial charge in [-0.3, -0.25) is 0 Å². The van der Waals surface area contributed by atoms with Crippen LogP contribution in [0, 0.1) is 0 Å². The third kappa shape index (κ3) is 7.21. The second kappa shape index (κ2) is 17.7. The van der Waals surface area contributed by atoms with Gasteiger partial charge in [0.1, 0.15) is 0 Å². The minimum atomic E-state index is -0.0968. The van der Waals surface area contributed by atoms with Crippen molar-refractivity contribution in [2.45, 2.75) is 102 Å². The second-order valence-corrected chi connectivity index (χ2v) is 21.2. The quantitative estimate of drug-likeness (QED) is 0.147. The monoisotopic (exact) mass is 906 g/mol. The molecule has 8 aromatic carbocycles. The van der Waals surface area contributed by atoms with Crippen LogP contribution in [0.2, 0.25) is 0 Å². The summed E-state index contributed by atoms with van der Waals surface area (Å²) in [7, 11) is 0. The molecule has 344 valence electrons. The van der Waals surface area contributed by atoms with Gasteiger partial charge in [0.15, 0.2) is 0 Å². The SMILES string of the molecule is CC1(C)c2ccc(N(c3ccc(-c4ccc(C5CCCCC5)cc4)cc3)c3ccc4ccccc4c3C3=CCC=Cc4c3n(-c3ccccc3)c3ccccc43)cc2-c2c(C3CCCCC3)cccc21. The summed E-state index contributed by atoms with van der Waals surface area (Å²) < 4.78 is 2.51. The Bertz CT molecular complexity index is 3480. The van der Waals surface area contributed by atoms with Crippen molar-refractivity contribution in [1.82, 2.24) is 4.57 Å². The van der Waals surface area contributed by atoms with Crippen LogP contribution in [-0.2, 0) is 5.41 Å². The lowest BCUT2D eigenvalue weighted by Gasteiger charge is -2.31. The third-order valence-corrected chi connectivity index (χ3v) is 16.8. The number of fused-ring (bicyclic) bond motifs is 7. The molecule has 70 heavy (non-hydrogen) atoms. The minimum Gasteiger partial charge on any atom is -0.310 e. The molecular weight excluding hydrogens is 845 g/mol. The molecule has 0 unspecified atom stereocenters. The summed E-state index contributed by atoms with van der Waals surface area (Å²) >= 11 is 0. The topological polar surface area (TPSA) is 8.17 Å². The summed E-state index contributed by atoms with van der Waals surface area (Å²) in [6.07, 6.45) is 21.3. The van der Waals surface area contributed by atoms with Gasteiger partial charge in [0.25, 0.3) is 0 Å². The van der Waals surface area contributed by atoms with Crippen LogP contribution in [-0.4, -0.2) is 4.57 Å². The summed E-state index contributed by atoms with van der Waals surface area (Å²) in [5.41, 5.74) is 22.1. The van der Waals surface area contributed by atoms with Crippen molar-refractivity contribution in [2.24, 2.45) is 0 Å². The van der Waals surface area contributed by atoms with E-state index in [4.69, 9.17) is 0 Å². The van der Waals surface area contributed by atoms with Gasteiger partial charge in [-0.1, -0.05) is 198 Å². The Balaban J connectivity index is 1.04. The normalized spacial score (nSPS) is 16.7. The first-order chi connectivity index (χ1) is 34.5. The zero-order chi connectivity index (χ0) is 46.8. The fourth-order valence-electron chi connectivity index (χ4n) is 13.3. The largest absolute Gasteiger partial charge is 0.310 e. The van der Waals surface area contributed by atoms with Crippen LogP contribution in [0.3, 0.4) is 0 Å². The Hall–Kier alpha value is -7.16. The summed E-state index contributed by atoms with van der Waals surface area (Å²) in [5.74, 6) is 1.30. The third-order valence-electron chi connectivity index (χ3n) is 16.8. The van der Waals surface area contributed by atoms with Crippen LogP contribution in [0.25, 0.3) is 61.3 Å². The molecule has 0 aliphatic heterocycles. The first kappa shape index (κ1) is 42.9. The predicted molar refractivity (Wildman–Crippen MR) is 297 cm³/mol. The van der Waals surface area contributed by atoms with Gasteiger partial charge in [-0.05, 0) is 148 Å². The first-order valence-corrected chi connectivity index (χ1v) is 26.4. The van der Waals surface area contributed by atoms with E-state index in [2.05, 4.69) is 217 Å². The van der Waals surface area contributed by atoms with Crippen molar-refractivity contribution in [3.05, 3.63) is 227 Å². The van der Waals surface area contributed by atoms with Gasteiger partial charge < -0.3 is 9.47 Å². The molecule has 2 nitrogen and oxygen atoms in total. The molecule has 2 saturated carbocycles. The van der Waals surface area contributed by atoms with Crippen molar-refractivity contribution in [2.75, 3.05) is 4.90 Å². The van der Waals surface area contributed by atoms with Crippen molar-refractivity contribution < 1.29 is 0 Å². The summed E-state index contributed by atoms with van der Waals surface area (Å²) in [6, 6.07) is 67.3. The zero-order valence-corrected chi connectivity index (χ0v) is 40.8. The van der Waals surface area contributed by atoms with Gasteiger partial charge in [-0.2, -0.15) is 0 Å². The van der Waals surface area contributed by atoms with E-state index >= 15 is 0 Å². The van der Waals surface area contributed by atoms with Gasteiger partial charge in [-0.25, -0.2) is 0 Å². The summed E-state index contributed by atoms with van der Waals surface area (Å²) in [4.78, 5) is 2.58. The molecule has 9 aromatic rings. The van der Waals surface area contributed by atoms with E-state index in [0.29, 0.717) is 11.8 Å². The maximum atomic E-state index is 2.58. The fourth-order valence-corrected chi connectivity index (χ4v) is 13.3. The van der Waals surface area contributed by atoms with Crippen LogP contribution in [0.5, 0.6) is 0 Å². The lowest BCUT2D eigenvalue weighted by atomic mass is 9.78. The van der Waals surface area contributed by atoms with Gasteiger partial charge in [0, 0.05) is 44.6 Å². The van der Waals surface area contributed by atoms with Gasteiger partial charge in [-0.15, -0.1) is 0 Å². The predicted octanol–water partition coefficient (Wildman–Crippen LogP) is 19.2. The first-order valence-electron chi connectivity index (χ1n) is 26.4. The molecule has 4 aliphatic carbocycles. The molecule has 4 aliphatic rings. The standard InChI is InChI=1S/C68H62N2/c1-68(2)61-43-42-54(45-60(61)65-55(30-18-31-62(65)68)50-21-8-4-9-22-50)69(53-40-37-49(38-41-53)48-35-33-47(34-36-48)46-19-6-3-7-20-46)64-44-39-51-23-12-13-26-56(51)66(64)59-29-15-14-28-58-57-27-16-17-32-63(57)70(67(58)59)52-24-10-5-11-25-52/h5,10-14,16-18,23-46,50H,3-4,6-9,15,19-22H2,1-2H3. The van der Waals surface area contributed by atoms with E-state index < -0.39 is 0 Å². The average molecular weight is 907 g/mol. The van der Waals surface area contributed by atoms with E-state index in [9.17, 15) is 0 Å². The van der Waals surface area contributed by atoms with Crippen LogP contribution >= 0.6 is 0 Å². The van der Waals surface area contributed by atoms with Crippen LogP contribution in [0.15, 0.2) is 188 Å². The Morgan fingerprint density at radius 2 is 1.20 bits per heavy atom. The van der Waals surface area contributed by atoms with Crippen LogP contribution < -0.4 is 4.90 Å². The molecule has 0 spiro atoms. The molecule has 0 atom stereocenters. The van der Waals surface area contributed by atoms with E-state index in [0.717, 1.165) is 17.8 Å². The number of para-hydroxylation sites is 2. The number of aromatic nitrogens is 1. The van der Waals surface area contributed by atoms with Crippen LogP contribution in [0.1, 0.15) is 135 Å². The summed E-state index contributed by atoms with van der Waals surface area (Å²) in [6.45, 7) is 4.88. The van der Waals surface area contributed by atoms with Crippen molar-refractivity contribution >= 4 is 50.4 Å². The lowest BCUT2D eigenvalue weighted by Crippen LogP contribution is -2.16. The van der Waals surface area contributed by atoms with Crippen LogP contribution in [0.4, 0.5) is 17.1 Å². The smallest absolute Gasteiger partial charge is 0.0617 e. The maximum absolute atomic E-state index is 2.58. The number of hydrogen-bond acceptors (Lipinski definition) is 1. The molecule has 0 radical (unpaired) electrons. The zero-order valence-electron chi connectivity index (χ0n) is 40.8. The molecule has 0 amide bonds. The molecule has 13 rings (SSSR count). The number of nitrogens with zero attached hydrogens (tertiary/aromatic N) is 2. The molecule has 2 fully saturated rings. The van der Waals surface area contributed by atoms with E-state index in [1.54, 1.807) is 5.56 Å². The number of anilines is 3. The maximum Gasteiger partial charge on any atom is 0.0617 e. The summed E-state index contributed by atoms with van der Waals surface area (Å²) in [5, 5.41) is 3.74. The molecule has 1 heterocycles. The minimum absolute atomic E-state index is 0.0968. The molecule has 1 aromatic heterocycles. The van der Waals surface area contributed by atoms with Crippen molar-refractivity contribution in [3.8, 4) is 27.9 Å². The molecule has 2 heteroatoms. The average Bonchev–Trinajstić information content (AvgIpc) is 3.76. The van der Waals surface area contributed by atoms with Crippen molar-refractivity contribution in [3.63, 3.8) is 0 Å². The molecular formula is C68H62N2. The molecule has 0 saturated heterocycles. The Morgan fingerprint density at radius 1 is 0.529 bits per heavy atom. The lowest BCUT2D eigenvalue weighted by molar-refractivity contribution is 0.443. The Labute approximate surface area is 414 Å². The highest BCUT2D eigenvalue weighted by molar-refractivity contribution is 6.09. The molecule has 0 N–H and O–H groups in total. The Kier molecular flexibility index (Phi) is 10.8. The Morgan fingerprint density at radius 3 is 1.97 bits per heavy atom. The number of allylic oxidation sites excluding steroid dienone is 2. The van der Waals surface area contributed by atoms with E-state index in [1.165, 1.54) is 159 Å². The number of benzene rings is 8.